The van der Waals surface area contributed by atoms with Crippen LogP contribution in [0.25, 0.3) is 10.9 Å². The molecule has 0 radical (unpaired) electrons. The zero-order valence-electron chi connectivity index (χ0n) is 19.2. The van der Waals surface area contributed by atoms with Crippen molar-refractivity contribution in [1.82, 2.24) is 10.3 Å². The molecule has 0 fully saturated rings. The van der Waals surface area contributed by atoms with Crippen molar-refractivity contribution < 1.29 is 37.0 Å². The molecule has 0 spiro atoms. The molecule has 0 aliphatic heterocycles. The van der Waals surface area contributed by atoms with E-state index in [1.807, 2.05) is 24.3 Å². The Balaban J connectivity index is 0.000000454. The maximum atomic E-state index is 13.9. The lowest BCUT2D eigenvalue weighted by Gasteiger charge is -2.22. The standard InChI is InChI=1S/C24H24F2N2O.C2HF3O2/c25-20-11-9-18(15-21(20)26)22(28-14-12-16-5-2-1-3-6-16)19-10-8-17-7-4-13-27-23(17)24(19)29;3-2(4,5)1(6)7/h4-5,7-11,13,15,22,28-29H,1-3,6,12,14H2;(H,6,7). The van der Waals surface area contributed by atoms with E-state index in [0.717, 1.165) is 30.7 Å². The van der Waals surface area contributed by atoms with Crippen molar-refractivity contribution in [1.29, 1.82) is 0 Å². The summed E-state index contributed by atoms with van der Waals surface area (Å²) in [5.41, 5.74) is 3.08. The molecule has 0 bridgehead atoms. The Morgan fingerprint density at radius 2 is 1.83 bits per heavy atom. The Hall–Kier alpha value is -3.53. The third-order valence-electron chi connectivity index (χ3n) is 5.79. The van der Waals surface area contributed by atoms with Crippen molar-refractivity contribution in [2.75, 3.05) is 6.54 Å². The molecule has 10 heteroatoms. The first kappa shape index (κ1) is 27.1. The number of pyridine rings is 1. The van der Waals surface area contributed by atoms with Crippen LogP contribution < -0.4 is 5.32 Å². The van der Waals surface area contributed by atoms with Gasteiger partial charge in [0.2, 0.25) is 0 Å². The van der Waals surface area contributed by atoms with Crippen LogP contribution >= 0.6 is 0 Å². The highest BCUT2D eigenvalue weighted by atomic mass is 19.4. The second-order valence-corrected chi connectivity index (χ2v) is 8.30. The minimum Gasteiger partial charge on any atom is -0.505 e. The van der Waals surface area contributed by atoms with Crippen molar-refractivity contribution in [2.24, 2.45) is 0 Å². The fraction of sp³-hybridized carbons (Fsp3) is 0.308. The molecule has 0 amide bonds. The second-order valence-electron chi connectivity index (χ2n) is 8.30. The summed E-state index contributed by atoms with van der Waals surface area (Å²) in [5.74, 6) is -4.48. The Bertz CT molecular complexity index is 1240. The number of nitrogens with one attached hydrogen (secondary N) is 1. The van der Waals surface area contributed by atoms with Gasteiger partial charge in [0, 0.05) is 17.1 Å². The topological polar surface area (TPSA) is 82.5 Å². The number of phenolic OH excluding ortho intramolecular Hbond substituents is 1. The predicted octanol–water partition coefficient (Wildman–Crippen LogP) is 6.42. The molecule has 3 N–H and O–H groups in total. The fourth-order valence-electron chi connectivity index (χ4n) is 3.99. The lowest BCUT2D eigenvalue weighted by atomic mass is 9.94. The number of carboxylic acid groups (broad SMARTS) is 1. The van der Waals surface area contributed by atoms with Crippen LogP contribution in [0.2, 0.25) is 0 Å². The highest BCUT2D eigenvalue weighted by Crippen LogP contribution is 2.35. The number of rotatable bonds is 6. The predicted molar refractivity (Wildman–Crippen MR) is 124 cm³/mol. The van der Waals surface area contributed by atoms with Crippen LogP contribution in [-0.4, -0.2) is 33.9 Å². The van der Waals surface area contributed by atoms with Crippen LogP contribution in [0.5, 0.6) is 5.75 Å². The zero-order chi connectivity index (χ0) is 26.3. The van der Waals surface area contributed by atoms with E-state index in [1.54, 1.807) is 12.3 Å². The number of aromatic hydroxyl groups is 1. The van der Waals surface area contributed by atoms with Crippen LogP contribution in [0.3, 0.4) is 0 Å². The molecular formula is C26H25F5N2O3. The number of fused-ring (bicyclic) bond motifs is 1. The average Bonchev–Trinajstić information content (AvgIpc) is 2.85. The average molecular weight is 508 g/mol. The van der Waals surface area contributed by atoms with Crippen molar-refractivity contribution in [3.05, 3.63) is 83.1 Å². The molecule has 2 aromatic carbocycles. The molecular weight excluding hydrogens is 483 g/mol. The highest BCUT2D eigenvalue weighted by Gasteiger charge is 2.38. The molecule has 192 valence electrons. The number of alkyl halides is 3. The van der Waals surface area contributed by atoms with Crippen LogP contribution in [0.15, 0.2) is 60.3 Å². The van der Waals surface area contributed by atoms with Gasteiger partial charge < -0.3 is 15.5 Å². The maximum absolute atomic E-state index is 13.9. The number of allylic oxidation sites excluding steroid dienone is 1. The SMILES string of the molecule is O=C(O)C(F)(F)F.Oc1c(C(NCCC2=CCCCC2)c2ccc(F)c(F)c2)ccc2cccnc12. The van der Waals surface area contributed by atoms with Gasteiger partial charge in [-0.15, -0.1) is 0 Å². The van der Waals surface area contributed by atoms with Crippen molar-refractivity contribution in [3.63, 3.8) is 0 Å². The van der Waals surface area contributed by atoms with E-state index in [-0.39, 0.29) is 5.75 Å². The van der Waals surface area contributed by atoms with Gasteiger partial charge in [-0.25, -0.2) is 13.6 Å². The molecule has 0 saturated carbocycles. The number of benzene rings is 2. The van der Waals surface area contributed by atoms with E-state index in [2.05, 4.69) is 16.4 Å². The quantitative estimate of drug-likeness (QED) is 0.264. The van der Waals surface area contributed by atoms with Crippen molar-refractivity contribution >= 4 is 16.9 Å². The Kier molecular flexibility index (Phi) is 8.98. The summed E-state index contributed by atoms with van der Waals surface area (Å²) in [5, 5.41) is 22.3. The van der Waals surface area contributed by atoms with Crippen molar-refractivity contribution in [2.45, 2.75) is 44.3 Å². The normalized spacial score (nSPS) is 14.5. The minimum absolute atomic E-state index is 0.0576. The van der Waals surface area contributed by atoms with Crippen LogP contribution in [-0.2, 0) is 4.79 Å². The number of hydrogen-bond acceptors (Lipinski definition) is 4. The summed E-state index contributed by atoms with van der Waals surface area (Å²) >= 11 is 0. The molecule has 1 unspecified atom stereocenters. The first-order valence-corrected chi connectivity index (χ1v) is 11.3. The Morgan fingerprint density at radius 1 is 1.08 bits per heavy atom. The largest absolute Gasteiger partial charge is 0.505 e. The van der Waals surface area contributed by atoms with E-state index in [0.29, 0.717) is 23.2 Å². The summed E-state index contributed by atoms with van der Waals surface area (Å²) in [6.07, 6.45) is 4.44. The van der Waals surface area contributed by atoms with E-state index < -0.39 is 29.8 Å². The number of aromatic nitrogens is 1. The molecule has 36 heavy (non-hydrogen) atoms. The highest BCUT2D eigenvalue weighted by molar-refractivity contribution is 5.85. The molecule has 4 rings (SSSR count). The summed E-state index contributed by atoms with van der Waals surface area (Å²) in [4.78, 5) is 13.2. The first-order valence-electron chi connectivity index (χ1n) is 11.3. The fourth-order valence-corrected chi connectivity index (χ4v) is 3.99. The molecule has 1 aliphatic rings. The smallest absolute Gasteiger partial charge is 0.490 e. The van der Waals surface area contributed by atoms with E-state index in [1.165, 1.54) is 24.5 Å². The van der Waals surface area contributed by atoms with Gasteiger partial charge in [-0.05, 0) is 62.4 Å². The molecule has 1 aromatic heterocycles. The summed E-state index contributed by atoms with van der Waals surface area (Å²) < 4.78 is 59.2. The summed E-state index contributed by atoms with van der Waals surface area (Å²) in [7, 11) is 0. The lowest BCUT2D eigenvalue weighted by molar-refractivity contribution is -0.192. The monoisotopic (exact) mass is 508 g/mol. The van der Waals surface area contributed by atoms with E-state index in [9.17, 15) is 27.1 Å². The third-order valence-corrected chi connectivity index (χ3v) is 5.79. The van der Waals surface area contributed by atoms with Gasteiger partial charge in [-0.1, -0.05) is 35.9 Å². The molecule has 1 atom stereocenters. The van der Waals surface area contributed by atoms with Crippen LogP contribution in [0.4, 0.5) is 22.0 Å². The van der Waals surface area contributed by atoms with Gasteiger partial charge >= 0.3 is 12.1 Å². The zero-order valence-corrected chi connectivity index (χ0v) is 19.2. The molecule has 1 heterocycles. The van der Waals surface area contributed by atoms with Crippen LogP contribution in [0.1, 0.15) is 49.3 Å². The number of halogens is 5. The number of nitrogens with zero attached hydrogens (tertiary/aromatic N) is 1. The summed E-state index contributed by atoms with van der Waals surface area (Å²) in [6, 6.07) is 10.8. The number of aliphatic carboxylic acids is 1. The lowest BCUT2D eigenvalue weighted by Crippen LogP contribution is -2.24. The number of carboxylic acids is 1. The second kappa shape index (κ2) is 11.9. The third kappa shape index (κ3) is 7.00. The van der Waals surface area contributed by atoms with E-state index >= 15 is 0 Å². The number of phenols is 1. The van der Waals surface area contributed by atoms with Gasteiger partial charge in [0.15, 0.2) is 11.6 Å². The van der Waals surface area contributed by atoms with Crippen LogP contribution in [0, 0.1) is 11.6 Å². The summed E-state index contributed by atoms with van der Waals surface area (Å²) in [6.45, 7) is 0.676. The molecule has 0 saturated heterocycles. The van der Waals surface area contributed by atoms with E-state index in [4.69, 9.17) is 9.90 Å². The Morgan fingerprint density at radius 3 is 2.47 bits per heavy atom. The molecule has 5 nitrogen and oxygen atoms in total. The van der Waals surface area contributed by atoms with Gasteiger partial charge in [0.25, 0.3) is 0 Å². The van der Waals surface area contributed by atoms with Gasteiger partial charge in [-0.2, -0.15) is 13.2 Å². The van der Waals surface area contributed by atoms with Gasteiger partial charge in [-0.3, -0.25) is 4.98 Å². The first-order chi connectivity index (χ1) is 17.1. The van der Waals surface area contributed by atoms with Gasteiger partial charge in [0.1, 0.15) is 11.3 Å². The van der Waals surface area contributed by atoms with Crippen molar-refractivity contribution in [3.8, 4) is 5.75 Å². The Labute approximate surface area is 204 Å². The minimum atomic E-state index is -5.08. The molecule has 1 aliphatic carbocycles. The molecule has 3 aromatic rings. The number of hydrogen-bond donors (Lipinski definition) is 3. The number of carbonyl (C=O) groups is 1. The van der Waals surface area contributed by atoms with Gasteiger partial charge in [0.05, 0.1) is 6.04 Å². The maximum Gasteiger partial charge on any atom is 0.490 e.